The van der Waals surface area contributed by atoms with Crippen LogP contribution in [0.5, 0.6) is 0 Å². The summed E-state index contributed by atoms with van der Waals surface area (Å²) in [6.07, 6.45) is 6.40. The Morgan fingerprint density at radius 1 is 1.18 bits per heavy atom. The average molecular weight is 233 g/mol. The molecule has 0 spiro atoms. The van der Waals surface area contributed by atoms with Gasteiger partial charge in [-0.15, -0.1) is 0 Å². The van der Waals surface area contributed by atoms with Crippen LogP contribution in [0.15, 0.2) is 24.3 Å². The second-order valence-corrected chi connectivity index (χ2v) is 4.92. The van der Waals surface area contributed by atoms with E-state index in [2.05, 4.69) is 50.4 Å². The number of benzene rings is 1. The van der Waals surface area contributed by atoms with E-state index >= 15 is 0 Å². The van der Waals surface area contributed by atoms with Crippen LogP contribution >= 0.6 is 0 Å². The molecule has 1 N–H and O–H groups in total. The molecule has 0 heterocycles. The minimum Gasteiger partial charge on any atom is -0.314 e. The van der Waals surface area contributed by atoms with Crippen LogP contribution in [0.3, 0.4) is 0 Å². The Labute approximate surface area is 107 Å². The van der Waals surface area contributed by atoms with Crippen LogP contribution in [-0.4, -0.2) is 12.6 Å². The third-order valence-electron chi connectivity index (χ3n) is 3.23. The van der Waals surface area contributed by atoms with Gasteiger partial charge in [-0.25, -0.2) is 0 Å². The lowest BCUT2D eigenvalue weighted by atomic mass is 10.0. The average Bonchev–Trinajstić information content (AvgIpc) is 2.30. The van der Waals surface area contributed by atoms with Gasteiger partial charge in [0.1, 0.15) is 0 Å². The quantitative estimate of drug-likeness (QED) is 0.713. The molecule has 96 valence electrons. The number of rotatable bonds is 8. The number of nitrogens with one attached hydrogen (secondary N) is 1. The normalized spacial score (nSPS) is 12.6. The van der Waals surface area contributed by atoms with Crippen molar-refractivity contribution in [2.75, 3.05) is 6.54 Å². The van der Waals surface area contributed by atoms with E-state index in [9.17, 15) is 0 Å². The highest BCUT2D eigenvalue weighted by molar-refractivity contribution is 5.22. The molecule has 1 aromatic carbocycles. The number of aryl methyl sites for hydroxylation is 2. The largest absolute Gasteiger partial charge is 0.314 e. The molecule has 0 saturated heterocycles. The zero-order valence-corrected chi connectivity index (χ0v) is 11.6. The SMILES string of the molecule is CCCC(CCCc1cccc(C)c1)NCC. The third-order valence-corrected chi connectivity index (χ3v) is 3.23. The molecule has 0 bridgehead atoms. The van der Waals surface area contributed by atoms with E-state index < -0.39 is 0 Å². The van der Waals surface area contributed by atoms with Crippen molar-refractivity contribution in [3.05, 3.63) is 35.4 Å². The third kappa shape index (κ3) is 5.88. The highest BCUT2D eigenvalue weighted by Crippen LogP contribution is 2.11. The molecule has 0 fully saturated rings. The van der Waals surface area contributed by atoms with Gasteiger partial charge in [-0.1, -0.05) is 50.1 Å². The van der Waals surface area contributed by atoms with Crippen molar-refractivity contribution in [2.24, 2.45) is 0 Å². The van der Waals surface area contributed by atoms with E-state index in [4.69, 9.17) is 0 Å². The van der Waals surface area contributed by atoms with Gasteiger partial charge in [0.15, 0.2) is 0 Å². The Hall–Kier alpha value is -0.820. The molecule has 17 heavy (non-hydrogen) atoms. The predicted octanol–water partition coefficient (Wildman–Crippen LogP) is 4.10. The summed E-state index contributed by atoms with van der Waals surface area (Å²) in [6, 6.07) is 9.60. The first-order valence-corrected chi connectivity index (χ1v) is 7.05. The summed E-state index contributed by atoms with van der Waals surface area (Å²) >= 11 is 0. The van der Waals surface area contributed by atoms with Crippen LogP contribution in [0, 0.1) is 6.92 Å². The lowest BCUT2D eigenvalue weighted by Crippen LogP contribution is -2.28. The minimum absolute atomic E-state index is 0.717. The zero-order valence-electron chi connectivity index (χ0n) is 11.6. The van der Waals surface area contributed by atoms with Gasteiger partial charge < -0.3 is 5.32 Å². The van der Waals surface area contributed by atoms with Gasteiger partial charge in [-0.3, -0.25) is 0 Å². The molecule has 0 aromatic heterocycles. The van der Waals surface area contributed by atoms with Gasteiger partial charge in [0.25, 0.3) is 0 Å². The van der Waals surface area contributed by atoms with Crippen LogP contribution in [0.2, 0.25) is 0 Å². The van der Waals surface area contributed by atoms with Crippen molar-refractivity contribution in [3.8, 4) is 0 Å². The Bertz CT molecular complexity index is 300. The first kappa shape index (κ1) is 14.2. The summed E-state index contributed by atoms with van der Waals surface area (Å²) in [5.74, 6) is 0. The van der Waals surface area contributed by atoms with E-state index in [0.29, 0.717) is 0 Å². The van der Waals surface area contributed by atoms with Crippen molar-refractivity contribution in [1.82, 2.24) is 5.32 Å². The molecule has 1 nitrogen and oxygen atoms in total. The number of hydrogen-bond acceptors (Lipinski definition) is 1. The van der Waals surface area contributed by atoms with Crippen molar-refractivity contribution in [3.63, 3.8) is 0 Å². The standard InChI is InChI=1S/C16H27N/c1-4-8-16(17-5-2)12-7-11-15-10-6-9-14(3)13-15/h6,9-10,13,16-17H,4-5,7-8,11-12H2,1-3H3. The summed E-state index contributed by atoms with van der Waals surface area (Å²) in [6.45, 7) is 7.73. The van der Waals surface area contributed by atoms with Gasteiger partial charge >= 0.3 is 0 Å². The topological polar surface area (TPSA) is 12.0 Å². The molecular formula is C16H27N. The fraction of sp³-hybridized carbons (Fsp3) is 0.625. The molecular weight excluding hydrogens is 206 g/mol. The maximum absolute atomic E-state index is 3.58. The van der Waals surface area contributed by atoms with Crippen LogP contribution in [-0.2, 0) is 6.42 Å². The van der Waals surface area contributed by atoms with Crippen LogP contribution in [0.1, 0.15) is 50.7 Å². The van der Waals surface area contributed by atoms with Gasteiger partial charge in [0.2, 0.25) is 0 Å². The molecule has 0 aliphatic heterocycles. The van der Waals surface area contributed by atoms with Gasteiger partial charge in [-0.2, -0.15) is 0 Å². The van der Waals surface area contributed by atoms with E-state index in [-0.39, 0.29) is 0 Å². The van der Waals surface area contributed by atoms with E-state index in [0.717, 1.165) is 12.6 Å². The van der Waals surface area contributed by atoms with Gasteiger partial charge in [0.05, 0.1) is 0 Å². The Morgan fingerprint density at radius 2 is 2.00 bits per heavy atom. The van der Waals surface area contributed by atoms with Crippen molar-refractivity contribution in [1.29, 1.82) is 0 Å². The molecule has 1 atom stereocenters. The molecule has 0 radical (unpaired) electrons. The van der Waals surface area contributed by atoms with Gasteiger partial charge in [0, 0.05) is 6.04 Å². The molecule has 1 aromatic rings. The maximum Gasteiger partial charge on any atom is 0.00669 e. The van der Waals surface area contributed by atoms with Gasteiger partial charge in [-0.05, 0) is 44.7 Å². The molecule has 1 rings (SSSR count). The zero-order chi connectivity index (χ0) is 12.5. The monoisotopic (exact) mass is 233 g/mol. The van der Waals surface area contributed by atoms with Crippen LogP contribution in [0.4, 0.5) is 0 Å². The number of hydrogen-bond donors (Lipinski definition) is 1. The lowest BCUT2D eigenvalue weighted by Gasteiger charge is -2.16. The second kappa shape index (κ2) is 8.30. The summed E-state index contributed by atoms with van der Waals surface area (Å²) < 4.78 is 0. The van der Waals surface area contributed by atoms with Crippen molar-refractivity contribution >= 4 is 0 Å². The first-order valence-electron chi connectivity index (χ1n) is 7.05. The summed E-state index contributed by atoms with van der Waals surface area (Å²) in [5, 5.41) is 3.58. The van der Waals surface area contributed by atoms with Crippen molar-refractivity contribution < 1.29 is 0 Å². The summed E-state index contributed by atoms with van der Waals surface area (Å²) in [4.78, 5) is 0. The second-order valence-electron chi connectivity index (χ2n) is 4.92. The van der Waals surface area contributed by atoms with E-state index in [1.165, 1.54) is 43.2 Å². The molecule has 0 saturated carbocycles. The highest BCUT2D eigenvalue weighted by atomic mass is 14.9. The highest BCUT2D eigenvalue weighted by Gasteiger charge is 2.05. The molecule has 1 heteroatoms. The predicted molar refractivity (Wildman–Crippen MR) is 76.5 cm³/mol. The Kier molecular flexibility index (Phi) is 6.95. The summed E-state index contributed by atoms with van der Waals surface area (Å²) in [5.41, 5.74) is 2.86. The minimum atomic E-state index is 0.717. The molecule has 1 unspecified atom stereocenters. The Balaban J connectivity index is 2.30. The smallest absolute Gasteiger partial charge is 0.00669 e. The molecule has 0 aliphatic carbocycles. The summed E-state index contributed by atoms with van der Waals surface area (Å²) in [7, 11) is 0. The van der Waals surface area contributed by atoms with Crippen molar-refractivity contribution in [2.45, 2.75) is 58.9 Å². The first-order chi connectivity index (χ1) is 8.26. The molecule has 0 amide bonds. The maximum atomic E-state index is 3.58. The van der Waals surface area contributed by atoms with E-state index in [1.54, 1.807) is 0 Å². The fourth-order valence-electron chi connectivity index (χ4n) is 2.41. The fourth-order valence-corrected chi connectivity index (χ4v) is 2.41. The van der Waals surface area contributed by atoms with E-state index in [1.807, 2.05) is 0 Å². The lowest BCUT2D eigenvalue weighted by molar-refractivity contribution is 0.447. The van der Waals surface area contributed by atoms with Crippen LogP contribution in [0.25, 0.3) is 0 Å². The Morgan fingerprint density at radius 3 is 2.65 bits per heavy atom. The molecule has 0 aliphatic rings. The van der Waals surface area contributed by atoms with Crippen LogP contribution < -0.4 is 5.32 Å².